The minimum Gasteiger partial charge on any atom is -0.327 e. The van der Waals surface area contributed by atoms with Crippen molar-refractivity contribution in [1.29, 1.82) is 5.26 Å². The summed E-state index contributed by atoms with van der Waals surface area (Å²) in [5.41, 5.74) is 0.348. The number of aryl methyl sites for hydroxylation is 1. The number of rotatable bonds is 4. The van der Waals surface area contributed by atoms with Gasteiger partial charge in [-0.2, -0.15) is 5.26 Å². The fourth-order valence-electron chi connectivity index (χ4n) is 4.74. The van der Waals surface area contributed by atoms with Crippen LogP contribution < -0.4 is 15.1 Å². The highest BCUT2D eigenvalue weighted by atomic mass is 32.1. The Morgan fingerprint density at radius 1 is 1.17 bits per heavy atom. The van der Waals surface area contributed by atoms with E-state index in [0.29, 0.717) is 35.5 Å². The van der Waals surface area contributed by atoms with Crippen LogP contribution in [0.25, 0.3) is 0 Å². The third-order valence-corrected chi connectivity index (χ3v) is 7.21. The Hall–Kier alpha value is -3.97. The predicted molar refractivity (Wildman–Crippen MR) is 134 cm³/mol. The van der Waals surface area contributed by atoms with Gasteiger partial charge in [0, 0.05) is 11.4 Å². The maximum Gasteiger partial charge on any atom is 0.258 e. The number of nitrogens with one attached hydrogen (secondary N) is 1. The molecule has 5 rings (SSSR count). The molecule has 0 radical (unpaired) electrons. The molecule has 1 saturated carbocycles. The number of carbonyl (C=O) groups is 2. The van der Waals surface area contributed by atoms with Crippen LogP contribution in [0.5, 0.6) is 0 Å². The molecule has 1 spiro atoms. The minimum atomic E-state index is -0.876. The number of hydrogen-bond acceptors (Lipinski definition) is 6. The van der Waals surface area contributed by atoms with Crippen LogP contribution in [0.2, 0.25) is 0 Å². The van der Waals surface area contributed by atoms with Gasteiger partial charge in [-0.25, -0.2) is 13.8 Å². The minimum absolute atomic E-state index is 0.168. The Morgan fingerprint density at radius 3 is 2.47 bits per heavy atom. The van der Waals surface area contributed by atoms with Gasteiger partial charge in [-0.15, -0.1) is 12.6 Å². The summed E-state index contributed by atoms with van der Waals surface area (Å²) in [6.45, 7) is 1.74. The van der Waals surface area contributed by atoms with Gasteiger partial charge in [0.2, 0.25) is 0 Å². The molecule has 1 saturated heterocycles. The zero-order chi connectivity index (χ0) is 25.6. The van der Waals surface area contributed by atoms with Crippen molar-refractivity contribution in [1.82, 2.24) is 4.98 Å². The Balaban J connectivity index is 1.46. The molecule has 3 aromatic rings. The highest BCUT2D eigenvalue weighted by Crippen LogP contribution is 2.50. The van der Waals surface area contributed by atoms with E-state index < -0.39 is 28.6 Å². The van der Waals surface area contributed by atoms with Crippen molar-refractivity contribution in [2.45, 2.75) is 37.2 Å². The van der Waals surface area contributed by atoms with Crippen molar-refractivity contribution < 1.29 is 18.4 Å². The quantitative estimate of drug-likeness (QED) is 0.498. The van der Waals surface area contributed by atoms with E-state index in [2.05, 4.69) is 10.3 Å². The number of hydrogen-bond donors (Lipinski definition) is 2. The monoisotopic (exact) mass is 505 g/mol. The number of aromatic nitrogens is 1. The van der Waals surface area contributed by atoms with E-state index >= 15 is 4.39 Å². The Bertz CT molecular complexity index is 1420. The molecular weight excluding hydrogens is 484 g/mol. The fraction of sp³-hybridized carbons (Fsp3) is 0.231. The first-order valence-electron chi connectivity index (χ1n) is 11.3. The molecule has 1 aliphatic heterocycles. The number of pyridine rings is 1. The van der Waals surface area contributed by atoms with E-state index in [0.717, 1.165) is 6.42 Å². The second-order valence-corrected chi connectivity index (χ2v) is 9.33. The third kappa shape index (κ3) is 3.76. The number of benzene rings is 2. The molecule has 1 aromatic heterocycles. The summed E-state index contributed by atoms with van der Waals surface area (Å²) in [6.07, 6.45) is 3.46. The summed E-state index contributed by atoms with van der Waals surface area (Å²) in [4.78, 5) is 33.7. The zero-order valence-corrected chi connectivity index (χ0v) is 20.1. The fourth-order valence-corrected chi connectivity index (χ4v) is 5.34. The summed E-state index contributed by atoms with van der Waals surface area (Å²) < 4.78 is 28.3. The molecular formula is C26H21F2N5O2S. The van der Waals surface area contributed by atoms with Gasteiger partial charge in [0.05, 0.1) is 17.4 Å². The Morgan fingerprint density at radius 2 is 1.89 bits per heavy atom. The number of nitriles is 1. The molecule has 2 fully saturated rings. The van der Waals surface area contributed by atoms with E-state index in [9.17, 15) is 19.2 Å². The molecule has 1 unspecified atom stereocenters. The molecule has 10 heteroatoms. The summed E-state index contributed by atoms with van der Waals surface area (Å²) in [6, 6.07) is 13.1. The average molecular weight is 506 g/mol. The van der Waals surface area contributed by atoms with Crippen LogP contribution in [0.15, 0.2) is 54.7 Å². The van der Waals surface area contributed by atoms with Crippen LogP contribution in [0.3, 0.4) is 0 Å². The SMILES string of the molecule is Cc1cc(N2C(=O)C3(CCC3)N(c3ccc(C(=O)Nc4ccc(F)cc4)c(F)c3)C2S)cnc1C#N. The van der Waals surface area contributed by atoms with Crippen molar-refractivity contribution in [3.05, 3.63) is 83.2 Å². The van der Waals surface area contributed by atoms with E-state index in [-0.39, 0.29) is 17.2 Å². The van der Waals surface area contributed by atoms with Gasteiger partial charge in [-0.1, -0.05) is 0 Å². The molecule has 2 amide bonds. The van der Waals surface area contributed by atoms with Gasteiger partial charge in [0.25, 0.3) is 11.8 Å². The number of halogens is 2. The van der Waals surface area contributed by atoms with Gasteiger partial charge < -0.3 is 10.2 Å². The number of nitrogens with zero attached hydrogens (tertiary/aromatic N) is 4. The highest BCUT2D eigenvalue weighted by molar-refractivity contribution is 7.81. The third-order valence-electron chi connectivity index (χ3n) is 6.75. The van der Waals surface area contributed by atoms with Crippen LogP contribution in [-0.4, -0.2) is 27.8 Å². The van der Waals surface area contributed by atoms with E-state index in [4.69, 9.17) is 12.6 Å². The van der Waals surface area contributed by atoms with Gasteiger partial charge in [0.15, 0.2) is 5.50 Å². The van der Waals surface area contributed by atoms with Crippen molar-refractivity contribution in [2.24, 2.45) is 0 Å². The maximum absolute atomic E-state index is 15.2. The van der Waals surface area contributed by atoms with Crippen LogP contribution in [-0.2, 0) is 4.79 Å². The van der Waals surface area contributed by atoms with Gasteiger partial charge in [-0.05, 0) is 80.3 Å². The number of anilines is 3. The van der Waals surface area contributed by atoms with Crippen LogP contribution >= 0.6 is 12.6 Å². The van der Waals surface area contributed by atoms with Crippen molar-refractivity contribution in [2.75, 3.05) is 15.1 Å². The summed E-state index contributed by atoms with van der Waals surface area (Å²) in [5, 5.41) is 11.7. The van der Waals surface area contributed by atoms with Crippen molar-refractivity contribution in [3.8, 4) is 6.07 Å². The van der Waals surface area contributed by atoms with E-state index in [1.807, 2.05) is 6.07 Å². The first kappa shape index (κ1) is 23.8. The second kappa shape index (κ2) is 8.91. The number of amides is 2. The smallest absolute Gasteiger partial charge is 0.258 e. The molecule has 182 valence electrons. The van der Waals surface area contributed by atoms with Crippen LogP contribution in [0.4, 0.5) is 25.8 Å². The molecule has 7 nitrogen and oxygen atoms in total. The van der Waals surface area contributed by atoms with Crippen molar-refractivity contribution >= 4 is 41.5 Å². The second-order valence-electron chi connectivity index (χ2n) is 8.87. The van der Waals surface area contributed by atoms with Gasteiger partial charge in [0.1, 0.15) is 28.9 Å². The van der Waals surface area contributed by atoms with Crippen molar-refractivity contribution in [3.63, 3.8) is 0 Å². The Kier molecular flexibility index (Phi) is 5.88. The first-order valence-corrected chi connectivity index (χ1v) is 11.8. The van der Waals surface area contributed by atoms with E-state index in [1.54, 1.807) is 24.0 Å². The van der Waals surface area contributed by atoms with Crippen LogP contribution in [0.1, 0.15) is 40.9 Å². The molecule has 1 aliphatic carbocycles. The Labute approximate surface area is 211 Å². The summed E-state index contributed by atoms with van der Waals surface area (Å²) in [7, 11) is 0. The lowest BCUT2D eigenvalue weighted by molar-refractivity contribution is -0.124. The molecule has 2 heterocycles. The largest absolute Gasteiger partial charge is 0.327 e. The molecule has 36 heavy (non-hydrogen) atoms. The van der Waals surface area contributed by atoms with Crippen LogP contribution in [0, 0.1) is 29.9 Å². The molecule has 1 atom stereocenters. The molecule has 1 N–H and O–H groups in total. The predicted octanol–water partition coefficient (Wildman–Crippen LogP) is 4.78. The van der Waals surface area contributed by atoms with Gasteiger partial charge in [-0.3, -0.25) is 14.5 Å². The first-order chi connectivity index (χ1) is 17.2. The van der Waals surface area contributed by atoms with E-state index in [1.165, 1.54) is 47.5 Å². The molecule has 2 aromatic carbocycles. The molecule has 0 bridgehead atoms. The topological polar surface area (TPSA) is 89.3 Å². The number of carbonyl (C=O) groups excluding carboxylic acids is 2. The summed E-state index contributed by atoms with van der Waals surface area (Å²) in [5.74, 6) is -2.05. The average Bonchev–Trinajstić information content (AvgIpc) is 3.07. The lowest BCUT2D eigenvalue weighted by atomic mass is 9.75. The maximum atomic E-state index is 15.2. The standard InChI is InChI=1S/C26H21F2N5O2S/c1-15-11-19(14-30-22(15)13-29)32-24(35)26(9-2-10-26)33(25(32)36)18-7-8-20(21(28)12-18)23(34)31-17-5-3-16(27)4-6-17/h3-8,11-12,14,25,36H,2,9-10H2,1H3,(H,31,34). The lowest BCUT2D eigenvalue weighted by Crippen LogP contribution is -2.55. The summed E-state index contributed by atoms with van der Waals surface area (Å²) >= 11 is 4.73. The normalized spacial score (nSPS) is 18.2. The van der Waals surface area contributed by atoms with Gasteiger partial charge >= 0.3 is 0 Å². The molecule has 2 aliphatic rings. The number of thiol groups is 1. The lowest BCUT2D eigenvalue weighted by Gasteiger charge is -2.44. The zero-order valence-electron chi connectivity index (χ0n) is 19.2. The highest BCUT2D eigenvalue weighted by Gasteiger charge is 2.60.